The Labute approximate surface area is 181 Å². The van der Waals surface area contributed by atoms with Crippen molar-refractivity contribution >= 4 is 27.5 Å². The summed E-state index contributed by atoms with van der Waals surface area (Å²) in [5, 5.41) is 21.0. The minimum atomic E-state index is -3.63. The maximum absolute atomic E-state index is 12.5. The monoisotopic (exact) mass is 441 g/mol. The summed E-state index contributed by atoms with van der Waals surface area (Å²) in [6.07, 6.45) is 3.42. The molecule has 1 atom stereocenters. The van der Waals surface area contributed by atoms with Gasteiger partial charge in [-0.15, -0.1) is 0 Å². The Bertz CT molecular complexity index is 1090. The number of hydrogen-bond donors (Lipinski definition) is 2. The molecule has 1 fully saturated rings. The van der Waals surface area contributed by atoms with E-state index in [0.29, 0.717) is 36.6 Å². The molecule has 10 nitrogen and oxygen atoms in total. The second kappa shape index (κ2) is 10.2. The zero-order valence-corrected chi connectivity index (χ0v) is 17.9. The standard InChI is InChI=1S/C20H23N7O3S/c1-27(10-3-9-21)19-15(12-22)13-23-20(26-19)25-16-5-7-18(8-6-16)31(28,29)24-14-17-4-2-11-30-17/h5-8,13,17,24H,2-4,10-11,14H2,1H3,(H,23,25,26). The molecule has 1 aromatic heterocycles. The van der Waals surface area contributed by atoms with Crippen LogP contribution >= 0.6 is 0 Å². The third-order valence-corrected chi connectivity index (χ3v) is 6.19. The van der Waals surface area contributed by atoms with Gasteiger partial charge in [-0.2, -0.15) is 15.5 Å². The summed E-state index contributed by atoms with van der Waals surface area (Å²) in [6, 6.07) is 10.3. The zero-order chi connectivity index (χ0) is 22.3. The molecule has 162 valence electrons. The lowest BCUT2D eigenvalue weighted by Gasteiger charge is -2.18. The molecule has 1 unspecified atom stereocenters. The maximum Gasteiger partial charge on any atom is 0.240 e. The van der Waals surface area contributed by atoms with Crippen LogP contribution in [0.3, 0.4) is 0 Å². The highest BCUT2D eigenvalue weighted by atomic mass is 32.2. The zero-order valence-electron chi connectivity index (χ0n) is 17.1. The highest BCUT2D eigenvalue weighted by Gasteiger charge is 2.20. The summed E-state index contributed by atoms with van der Waals surface area (Å²) >= 11 is 0. The summed E-state index contributed by atoms with van der Waals surface area (Å²) in [5.41, 5.74) is 0.887. The number of ether oxygens (including phenoxy) is 1. The van der Waals surface area contributed by atoms with Gasteiger partial charge in [0.05, 0.1) is 29.7 Å². The third-order valence-electron chi connectivity index (χ3n) is 4.76. The molecule has 1 aliphatic rings. The number of hydrogen-bond acceptors (Lipinski definition) is 9. The van der Waals surface area contributed by atoms with Gasteiger partial charge in [-0.25, -0.2) is 18.1 Å². The van der Waals surface area contributed by atoms with Crippen molar-refractivity contribution in [2.24, 2.45) is 0 Å². The fourth-order valence-electron chi connectivity index (χ4n) is 3.06. The first-order valence-corrected chi connectivity index (χ1v) is 11.2. The van der Waals surface area contributed by atoms with E-state index in [1.165, 1.54) is 18.3 Å². The van der Waals surface area contributed by atoms with Crippen LogP contribution in [0, 0.1) is 22.7 Å². The van der Waals surface area contributed by atoms with Crippen molar-refractivity contribution in [3.05, 3.63) is 36.0 Å². The lowest BCUT2D eigenvalue weighted by Crippen LogP contribution is -2.31. The molecule has 1 aliphatic heterocycles. The Morgan fingerprint density at radius 3 is 2.71 bits per heavy atom. The molecule has 2 heterocycles. The van der Waals surface area contributed by atoms with E-state index in [9.17, 15) is 13.7 Å². The van der Waals surface area contributed by atoms with Crippen LogP contribution in [0.4, 0.5) is 17.5 Å². The van der Waals surface area contributed by atoms with Crippen LogP contribution in [-0.2, 0) is 14.8 Å². The number of benzene rings is 1. The van der Waals surface area contributed by atoms with Gasteiger partial charge >= 0.3 is 0 Å². The summed E-state index contributed by atoms with van der Waals surface area (Å²) in [5.74, 6) is 0.665. The molecule has 1 saturated heterocycles. The quantitative estimate of drug-likeness (QED) is 0.596. The number of rotatable bonds is 9. The van der Waals surface area contributed by atoms with E-state index in [1.807, 2.05) is 6.07 Å². The predicted molar refractivity (Wildman–Crippen MR) is 114 cm³/mol. The predicted octanol–water partition coefficient (Wildman–Crippen LogP) is 1.90. The van der Waals surface area contributed by atoms with E-state index < -0.39 is 10.0 Å². The van der Waals surface area contributed by atoms with Crippen LogP contribution in [0.25, 0.3) is 0 Å². The molecule has 3 rings (SSSR count). The summed E-state index contributed by atoms with van der Waals surface area (Å²) < 4.78 is 33.0. The summed E-state index contributed by atoms with van der Waals surface area (Å²) in [6.45, 7) is 1.34. The average molecular weight is 442 g/mol. The van der Waals surface area contributed by atoms with E-state index in [1.54, 1.807) is 24.1 Å². The summed E-state index contributed by atoms with van der Waals surface area (Å²) in [7, 11) is -1.89. The van der Waals surface area contributed by atoms with Crippen molar-refractivity contribution in [1.82, 2.24) is 14.7 Å². The minimum Gasteiger partial charge on any atom is -0.377 e. The number of anilines is 3. The number of nitriles is 2. The number of sulfonamides is 1. The first-order chi connectivity index (χ1) is 14.9. The van der Waals surface area contributed by atoms with Crippen LogP contribution < -0.4 is 14.9 Å². The SMILES string of the molecule is CN(CCC#N)c1nc(Nc2ccc(S(=O)(=O)NCC3CCCO3)cc2)ncc1C#N. The van der Waals surface area contributed by atoms with Gasteiger partial charge in [0.15, 0.2) is 5.82 Å². The third kappa shape index (κ3) is 5.89. The average Bonchev–Trinajstić information content (AvgIpc) is 3.30. The molecule has 0 saturated carbocycles. The van der Waals surface area contributed by atoms with Crippen LogP contribution in [-0.4, -0.2) is 51.2 Å². The van der Waals surface area contributed by atoms with E-state index in [0.717, 1.165) is 12.8 Å². The van der Waals surface area contributed by atoms with Gasteiger partial charge in [-0.1, -0.05) is 0 Å². The van der Waals surface area contributed by atoms with Crippen LogP contribution in [0.1, 0.15) is 24.8 Å². The molecule has 0 radical (unpaired) electrons. The van der Waals surface area contributed by atoms with Gasteiger partial charge in [0.2, 0.25) is 16.0 Å². The Morgan fingerprint density at radius 2 is 2.06 bits per heavy atom. The van der Waals surface area contributed by atoms with Crippen molar-refractivity contribution in [3.8, 4) is 12.1 Å². The van der Waals surface area contributed by atoms with Crippen molar-refractivity contribution < 1.29 is 13.2 Å². The van der Waals surface area contributed by atoms with Gasteiger partial charge < -0.3 is 15.0 Å². The van der Waals surface area contributed by atoms with Crippen molar-refractivity contribution in [1.29, 1.82) is 10.5 Å². The molecule has 2 N–H and O–H groups in total. The summed E-state index contributed by atoms with van der Waals surface area (Å²) in [4.78, 5) is 10.4. The normalized spacial score (nSPS) is 15.8. The second-order valence-electron chi connectivity index (χ2n) is 7.01. The van der Waals surface area contributed by atoms with Crippen molar-refractivity contribution in [3.63, 3.8) is 0 Å². The fraction of sp³-hybridized carbons (Fsp3) is 0.400. The first-order valence-electron chi connectivity index (χ1n) is 9.76. The molecule has 0 bridgehead atoms. The molecule has 1 aromatic carbocycles. The Kier molecular flexibility index (Phi) is 7.36. The topological polar surface area (TPSA) is 144 Å². The number of aromatic nitrogens is 2. The largest absolute Gasteiger partial charge is 0.377 e. The second-order valence-corrected chi connectivity index (χ2v) is 8.78. The minimum absolute atomic E-state index is 0.0790. The van der Waals surface area contributed by atoms with Crippen LogP contribution in [0.5, 0.6) is 0 Å². The molecule has 31 heavy (non-hydrogen) atoms. The molecule has 11 heteroatoms. The van der Waals surface area contributed by atoms with Gasteiger partial charge in [-0.3, -0.25) is 0 Å². The van der Waals surface area contributed by atoms with E-state index >= 15 is 0 Å². The first kappa shape index (κ1) is 22.4. The highest BCUT2D eigenvalue weighted by Crippen LogP contribution is 2.21. The fourth-order valence-corrected chi connectivity index (χ4v) is 4.13. The van der Waals surface area contributed by atoms with Gasteiger partial charge in [-0.05, 0) is 37.1 Å². The molecular weight excluding hydrogens is 418 g/mol. The van der Waals surface area contributed by atoms with E-state index in [4.69, 9.17) is 10.00 Å². The molecule has 0 spiro atoms. The van der Waals surface area contributed by atoms with E-state index in [2.05, 4.69) is 26.1 Å². The molecule has 0 amide bonds. The van der Waals surface area contributed by atoms with Crippen LogP contribution in [0.2, 0.25) is 0 Å². The lowest BCUT2D eigenvalue weighted by atomic mass is 10.2. The number of nitrogens with zero attached hydrogens (tertiary/aromatic N) is 5. The highest BCUT2D eigenvalue weighted by molar-refractivity contribution is 7.89. The molecule has 2 aromatic rings. The van der Waals surface area contributed by atoms with Crippen molar-refractivity contribution in [2.45, 2.75) is 30.3 Å². The van der Waals surface area contributed by atoms with Gasteiger partial charge in [0.1, 0.15) is 11.6 Å². The van der Waals surface area contributed by atoms with Crippen molar-refractivity contribution in [2.75, 3.05) is 37.0 Å². The lowest BCUT2D eigenvalue weighted by molar-refractivity contribution is 0.114. The Hall–Kier alpha value is -3.25. The van der Waals surface area contributed by atoms with Gasteiger partial charge in [0.25, 0.3) is 0 Å². The maximum atomic E-state index is 12.5. The Morgan fingerprint density at radius 1 is 1.29 bits per heavy atom. The smallest absolute Gasteiger partial charge is 0.240 e. The Balaban J connectivity index is 1.69. The van der Waals surface area contributed by atoms with E-state index in [-0.39, 0.29) is 23.5 Å². The molecule has 0 aliphatic carbocycles. The number of nitrogens with one attached hydrogen (secondary N) is 2. The van der Waals surface area contributed by atoms with Gasteiger partial charge in [0, 0.05) is 32.4 Å². The molecular formula is C20H23N7O3S. The van der Waals surface area contributed by atoms with Crippen LogP contribution in [0.15, 0.2) is 35.4 Å².